The zero-order valence-corrected chi connectivity index (χ0v) is 20.9. The molecule has 0 aliphatic carbocycles. The number of likely N-dealkylation sites (tertiary alicyclic amines) is 2. The Morgan fingerprint density at radius 3 is 2.65 bits per heavy atom. The van der Waals surface area contributed by atoms with E-state index in [1.54, 1.807) is 29.3 Å². The van der Waals surface area contributed by atoms with Gasteiger partial charge in [-0.15, -0.1) is 0 Å². The summed E-state index contributed by atoms with van der Waals surface area (Å²) in [4.78, 5) is 33.5. The third-order valence-electron chi connectivity index (χ3n) is 7.13. The summed E-state index contributed by atoms with van der Waals surface area (Å²) in [5.74, 6) is -0.711. The summed E-state index contributed by atoms with van der Waals surface area (Å²) in [6.07, 6.45) is 5.38. The minimum absolute atomic E-state index is 0.0687. The first-order valence-electron chi connectivity index (χ1n) is 12.7. The summed E-state index contributed by atoms with van der Waals surface area (Å²) in [5.41, 5.74) is 3.05. The maximum atomic E-state index is 13.4. The van der Waals surface area contributed by atoms with Crippen LogP contribution in [0.1, 0.15) is 40.9 Å². The van der Waals surface area contributed by atoms with Crippen LogP contribution < -0.4 is 5.32 Å². The van der Waals surface area contributed by atoms with E-state index in [1.807, 2.05) is 19.1 Å². The number of rotatable bonds is 5. The van der Waals surface area contributed by atoms with Crippen molar-refractivity contribution in [2.75, 3.05) is 26.2 Å². The van der Waals surface area contributed by atoms with E-state index in [2.05, 4.69) is 21.3 Å². The van der Waals surface area contributed by atoms with Crippen molar-refractivity contribution in [1.29, 1.82) is 0 Å². The van der Waals surface area contributed by atoms with Crippen LogP contribution >= 0.6 is 0 Å². The largest absolute Gasteiger partial charge is 0.505 e. The second-order valence-corrected chi connectivity index (χ2v) is 10.0. The molecule has 192 valence electrons. The normalized spacial score (nSPS) is 18.3. The van der Waals surface area contributed by atoms with Gasteiger partial charge in [0.2, 0.25) is 5.91 Å². The Kier molecular flexibility index (Phi) is 7.19. The van der Waals surface area contributed by atoms with E-state index in [4.69, 9.17) is 0 Å². The van der Waals surface area contributed by atoms with Crippen LogP contribution in [-0.2, 0) is 11.3 Å². The fourth-order valence-corrected chi connectivity index (χ4v) is 5.15. The fourth-order valence-electron chi connectivity index (χ4n) is 5.15. The van der Waals surface area contributed by atoms with Gasteiger partial charge in [0.15, 0.2) is 5.69 Å². The highest BCUT2D eigenvalue weighted by atomic mass is 19.1. The maximum absolute atomic E-state index is 13.4. The molecule has 3 aromatic rings. The Hall–Kier alpha value is -3.78. The number of piperidine rings is 1. The number of fused-ring (bicyclic) bond motifs is 1. The van der Waals surface area contributed by atoms with Crippen molar-refractivity contribution in [1.82, 2.24) is 20.1 Å². The highest BCUT2D eigenvalue weighted by Gasteiger charge is 2.26. The Morgan fingerprint density at radius 2 is 1.86 bits per heavy atom. The molecular formula is C29H31FN4O3. The standard InChI is InChI=1S/C29H31FN4O3/c1-19-12-26(35)28(31-16-19)29(37)34-10-6-20(7-11-34)14-27(36)32-25-8-9-33(18-25)17-21-2-3-23-15-24(30)5-4-22(23)13-21/h2-5,12-16,25,35H,6-11,17-18H2,1H3,(H,32,36)/t25-/m1/s1. The van der Waals surface area contributed by atoms with Gasteiger partial charge in [-0.1, -0.05) is 23.8 Å². The Bertz CT molecular complexity index is 1360. The predicted octanol–water partition coefficient (Wildman–Crippen LogP) is 3.94. The zero-order valence-electron chi connectivity index (χ0n) is 20.9. The molecule has 0 saturated carbocycles. The molecule has 0 spiro atoms. The molecule has 0 unspecified atom stereocenters. The van der Waals surface area contributed by atoms with Crippen molar-refractivity contribution >= 4 is 22.6 Å². The summed E-state index contributed by atoms with van der Waals surface area (Å²) in [6, 6.07) is 12.5. The smallest absolute Gasteiger partial charge is 0.276 e. The number of carbonyl (C=O) groups is 2. The molecule has 2 saturated heterocycles. The molecule has 7 nitrogen and oxygen atoms in total. The molecule has 2 aromatic carbocycles. The van der Waals surface area contributed by atoms with Gasteiger partial charge in [-0.2, -0.15) is 0 Å². The number of amides is 2. The minimum atomic E-state index is -0.286. The van der Waals surface area contributed by atoms with Crippen LogP contribution in [0.4, 0.5) is 4.39 Å². The first kappa shape index (κ1) is 24.9. The predicted molar refractivity (Wildman–Crippen MR) is 140 cm³/mol. The lowest BCUT2D eigenvalue weighted by atomic mass is 10.0. The van der Waals surface area contributed by atoms with Gasteiger partial charge in [-0.25, -0.2) is 9.37 Å². The topological polar surface area (TPSA) is 85.8 Å². The number of carbonyl (C=O) groups excluding carboxylic acids is 2. The number of hydrogen-bond acceptors (Lipinski definition) is 5. The summed E-state index contributed by atoms with van der Waals surface area (Å²) in [7, 11) is 0. The van der Waals surface area contributed by atoms with Crippen molar-refractivity contribution in [2.45, 2.75) is 38.8 Å². The SMILES string of the molecule is Cc1cnc(C(=O)N2CCC(=CC(=O)N[C@@H]3CCN(Cc4ccc5cc(F)ccc5c4)C3)CC2)c(O)c1. The van der Waals surface area contributed by atoms with Crippen LogP contribution in [0.2, 0.25) is 0 Å². The van der Waals surface area contributed by atoms with Gasteiger partial charge in [-0.05, 0) is 72.4 Å². The lowest BCUT2D eigenvalue weighted by Crippen LogP contribution is -2.38. The van der Waals surface area contributed by atoms with Gasteiger partial charge in [0.1, 0.15) is 11.6 Å². The molecule has 0 radical (unpaired) electrons. The van der Waals surface area contributed by atoms with E-state index >= 15 is 0 Å². The van der Waals surface area contributed by atoms with E-state index in [-0.39, 0.29) is 35.1 Å². The molecule has 2 fully saturated rings. The first-order valence-corrected chi connectivity index (χ1v) is 12.7. The number of halogens is 1. The van der Waals surface area contributed by atoms with Crippen LogP contribution in [0.15, 0.2) is 60.3 Å². The third kappa shape index (κ3) is 5.97. The fraction of sp³-hybridized carbons (Fsp3) is 0.345. The number of nitrogens with one attached hydrogen (secondary N) is 1. The molecule has 2 N–H and O–H groups in total. The molecule has 2 amide bonds. The lowest BCUT2D eigenvalue weighted by molar-refractivity contribution is -0.117. The van der Waals surface area contributed by atoms with Gasteiger partial charge in [0.05, 0.1) is 0 Å². The number of nitrogens with zero attached hydrogens (tertiary/aromatic N) is 3. The molecule has 2 aliphatic rings. The van der Waals surface area contributed by atoms with Crippen molar-refractivity contribution in [3.8, 4) is 5.75 Å². The number of hydrogen-bond donors (Lipinski definition) is 2. The van der Waals surface area contributed by atoms with E-state index in [1.165, 1.54) is 17.7 Å². The second-order valence-electron chi connectivity index (χ2n) is 10.0. The van der Waals surface area contributed by atoms with E-state index in [9.17, 15) is 19.1 Å². The van der Waals surface area contributed by atoms with Crippen LogP contribution in [0.5, 0.6) is 5.75 Å². The van der Waals surface area contributed by atoms with Gasteiger partial charge in [0, 0.05) is 51.0 Å². The zero-order chi connectivity index (χ0) is 25.9. The maximum Gasteiger partial charge on any atom is 0.276 e. The van der Waals surface area contributed by atoms with Crippen LogP contribution in [-0.4, -0.2) is 63.9 Å². The number of benzene rings is 2. The molecule has 0 bridgehead atoms. The quantitative estimate of drug-likeness (QED) is 0.517. The number of aromatic nitrogens is 1. The Balaban J connectivity index is 1.10. The average molecular weight is 503 g/mol. The van der Waals surface area contributed by atoms with E-state index in [0.717, 1.165) is 48.0 Å². The molecule has 37 heavy (non-hydrogen) atoms. The molecule has 2 aliphatic heterocycles. The van der Waals surface area contributed by atoms with Gasteiger partial charge >= 0.3 is 0 Å². The van der Waals surface area contributed by atoms with Crippen molar-refractivity contribution < 1.29 is 19.1 Å². The van der Waals surface area contributed by atoms with E-state index in [0.29, 0.717) is 25.9 Å². The van der Waals surface area contributed by atoms with Crippen LogP contribution in [0.3, 0.4) is 0 Å². The molecule has 3 heterocycles. The molecule has 1 aromatic heterocycles. The Labute approximate surface area is 215 Å². The highest BCUT2D eigenvalue weighted by molar-refractivity contribution is 5.95. The summed E-state index contributed by atoms with van der Waals surface area (Å²) in [5, 5.41) is 15.1. The second kappa shape index (κ2) is 10.7. The lowest BCUT2D eigenvalue weighted by Gasteiger charge is -2.28. The number of pyridine rings is 1. The van der Waals surface area contributed by atoms with Gasteiger partial charge in [0.25, 0.3) is 5.91 Å². The monoisotopic (exact) mass is 502 g/mol. The summed E-state index contributed by atoms with van der Waals surface area (Å²) >= 11 is 0. The number of aromatic hydroxyl groups is 1. The Morgan fingerprint density at radius 1 is 1.11 bits per heavy atom. The van der Waals surface area contributed by atoms with Gasteiger partial charge in [-0.3, -0.25) is 14.5 Å². The first-order chi connectivity index (χ1) is 17.8. The highest BCUT2D eigenvalue weighted by Crippen LogP contribution is 2.23. The van der Waals surface area contributed by atoms with Crippen LogP contribution in [0.25, 0.3) is 10.8 Å². The average Bonchev–Trinajstić information content (AvgIpc) is 3.30. The van der Waals surface area contributed by atoms with Crippen molar-refractivity contribution in [3.63, 3.8) is 0 Å². The summed E-state index contributed by atoms with van der Waals surface area (Å²) < 4.78 is 13.4. The van der Waals surface area contributed by atoms with Crippen molar-refractivity contribution in [2.24, 2.45) is 0 Å². The third-order valence-corrected chi connectivity index (χ3v) is 7.13. The molecule has 1 atom stereocenters. The number of aryl methyl sites for hydroxylation is 1. The van der Waals surface area contributed by atoms with Gasteiger partial charge < -0.3 is 15.3 Å². The molecule has 5 rings (SSSR count). The van der Waals surface area contributed by atoms with Crippen molar-refractivity contribution in [3.05, 3.63) is 82.9 Å². The molecular weight excluding hydrogens is 471 g/mol. The van der Waals surface area contributed by atoms with Crippen LogP contribution in [0, 0.1) is 12.7 Å². The minimum Gasteiger partial charge on any atom is -0.505 e. The van der Waals surface area contributed by atoms with E-state index < -0.39 is 0 Å². The summed E-state index contributed by atoms with van der Waals surface area (Å²) in [6.45, 7) is 5.26. The molecule has 8 heteroatoms.